The summed E-state index contributed by atoms with van der Waals surface area (Å²) >= 11 is 0. The quantitative estimate of drug-likeness (QED) is 0.532. The smallest absolute Gasteiger partial charge is 0.192 e. The first kappa shape index (κ1) is 18.8. The molecule has 0 radical (unpaired) electrons. The molecule has 0 aliphatic carbocycles. The summed E-state index contributed by atoms with van der Waals surface area (Å²) in [6.45, 7) is 13.8. The third kappa shape index (κ3) is 5.77. The minimum atomic E-state index is -1.68. The Balaban J connectivity index is 4.26. The van der Waals surface area contributed by atoms with E-state index >= 15 is 0 Å². The van der Waals surface area contributed by atoms with Crippen molar-refractivity contribution in [1.82, 2.24) is 0 Å². The minimum Gasteiger partial charge on any atom is -0.413 e. The van der Waals surface area contributed by atoms with Gasteiger partial charge in [0.25, 0.3) is 0 Å². The van der Waals surface area contributed by atoms with E-state index < -0.39 is 8.32 Å². The molecule has 114 valence electrons. The summed E-state index contributed by atoms with van der Waals surface area (Å²) in [4.78, 5) is 0. The summed E-state index contributed by atoms with van der Waals surface area (Å²) in [5.41, 5.74) is -0.381. The van der Waals surface area contributed by atoms with Crippen molar-refractivity contribution in [3.63, 3.8) is 0 Å². The Morgan fingerprint density at radius 1 is 1.05 bits per heavy atom. The van der Waals surface area contributed by atoms with Gasteiger partial charge in [-0.1, -0.05) is 39.8 Å². The summed E-state index contributed by atoms with van der Waals surface area (Å²) in [7, 11) is -1.68. The van der Waals surface area contributed by atoms with Gasteiger partial charge in [0.15, 0.2) is 8.32 Å². The third-order valence-electron chi connectivity index (χ3n) is 4.48. The highest BCUT2D eigenvalue weighted by molar-refractivity contribution is 6.74. The fourth-order valence-corrected chi connectivity index (χ4v) is 2.37. The van der Waals surface area contributed by atoms with Crippen LogP contribution in [-0.2, 0) is 4.43 Å². The maximum absolute atomic E-state index is 9.35. The number of hydrogen-bond acceptors (Lipinski definition) is 3. The second-order valence-electron chi connectivity index (χ2n) is 6.92. The Kier molecular flexibility index (Phi) is 7.51. The molecule has 0 aromatic carbocycles. The zero-order valence-electron chi connectivity index (χ0n) is 13.5. The zero-order chi connectivity index (χ0) is 15.2. The van der Waals surface area contributed by atoms with Gasteiger partial charge in [-0.25, -0.2) is 0 Å². The largest absolute Gasteiger partial charge is 0.413 e. The Bertz CT molecular complexity index is 267. The van der Waals surface area contributed by atoms with Gasteiger partial charge < -0.3 is 14.6 Å². The van der Waals surface area contributed by atoms with Gasteiger partial charge in [0.1, 0.15) is 0 Å². The SMILES string of the molecule is CCC(CO)(CO)C/C=C/CO[Si](C)(C)C(C)(C)C. The topological polar surface area (TPSA) is 49.7 Å². The third-order valence-corrected chi connectivity index (χ3v) is 8.99. The van der Waals surface area contributed by atoms with Gasteiger partial charge >= 0.3 is 0 Å². The number of allylic oxidation sites excluding steroid dienone is 1. The van der Waals surface area contributed by atoms with Crippen molar-refractivity contribution in [3.05, 3.63) is 12.2 Å². The Morgan fingerprint density at radius 3 is 1.95 bits per heavy atom. The molecule has 3 nitrogen and oxygen atoms in total. The van der Waals surface area contributed by atoms with Crippen molar-refractivity contribution in [2.75, 3.05) is 19.8 Å². The van der Waals surface area contributed by atoms with Crippen LogP contribution < -0.4 is 0 Å². The van der Waals surface area contributed by atoms with E-state index in [-0.39, 0.29) is 23.7 Å². The van der Waals surface area contributed by atoms with Crippen LogP contribution in [0.15, 0.2) is 12.2 Å². The maximum Gasteiger partial charge on any atom is 0.192 e. The van der Waals surface area contributed by atoms with E-state index in [0.717, 1.165) is 6.42 Å². The van der Waals surface area contributed by atoms with E-state index in [4.69, 9.17) is 4.43 Å². The molecule has 0 heterocycles. The van der Waals surface area contributed by atoms with Crippen LogP contribution in [0.3, 0.4) is 0 Å². The monoisotopic (exact) mass is 288 g/mol. The van der Waals surface area contributed by atoms with Crippen LogP contribution in [0.5, 0.6) is 0 Å². The van der Waals surface area contributed by atoms with Crippen molar-refractivity contribution >= 4 is 8.32 Å². The van der Waals surface area contributed by atoms with E-state index in [1.165, 1.54) is 0 Å². The first-order valence-electron chi connectivity index (χ1n) is 7.15. The second-order valence-corrected chi connectivity index (χ2v) is 11.7. The van der Waals surface area contributed by atoms with Gasteiger partial charge in [-0.3, -0.25) is 0 Å². The van der Waals surface area contributed by atoms with E-state index in [1.54, 1.807) is 0 Å². The van der Waals surface area contributed by atoms with Crippen LogP contribution in [0.1, 0.15) is 40.5 Å². The van der Waals surface area contributed by atoms with Crippen LogP contribution in [0.2, 0.25) is 18.1 Å². The van der Waals surface area contributed by atoms with E-state index in [1.807, 2.05) is 19.1 Å². The molecule has 0 aromatic heterocycles. The summed E-state index contributed by atoms with van der Waals surface area (Å²) < 4.78 is 6.04. The minimum absolute atomic E-state index is 0.0213. The molecule has 0 unspecified atom stereocenters. The summed E-state index contributed by atoms with van der Waals surface area (Å²) in [6.07, 6.45) is 5.49. The maximum atomic E-state index is 9.35. The Morgan fingerprint density at radius 2 is 1.58 bits per heavy atom. The number of aliphatic hydroxyl groups is 2. The van der Waals surface area contributed by atoms with E-state index in [0.29, 0.717) is 13.0 Å². The zero-order valence-corrected chi connectivity index (χ0v) is 14.5. The number of hydrogen-bond donors (Lipinski definition) is 2. The standard InChI is InChI=1S/C15H32O3Si/c1-7-15(12-16,13-17)10-8-9-11-18-19(5,6)14(2,3)4/h8-9,16-17H,7,10-13H2,1-6H3/b9-8+. The molecule has 0 spiro atoms. The average molecular weight is 289 g/mol. The second kappa shape index (κ2) is 7.57. The molecule has 0 fully saturated rings. The Labute approximate surface area is 119 Å². The van der Waals surface area contributed by atoms with Crippen LogP contribution in [0.25, 0.3) is 0 Å². The fraction of sp³-hybridized carbons (Fsp3) is 0.867. The van der Waals surface area contributed by atoms with Crippen LogP contribution in [0.4, 0.5) is 0 Å². The lowest BCUT2D eigenvalue weighted by molar-refractivity contribution is 0.0535. The first-order valence-corrected chi connectivity index (χ1v) is 10.1. The van der Waals surface area contributed by atoms with Gasteiger partial charge in [0.05, 0.1) is 19.8 Å². The Hall–Kier alpha value is -0.163. The number of rotatable bonds is 8. The van der Waals surface area contributed by atoms with Gasteiger partial charge in [0, 0.05) is 5.41 Å². The summed E-state index contributed by atoms with van der Waals surface area (Å²) in [6, 6.07) is 0. The highest BCUT2D eigenvalue weighted by atomic mass is 28.4. The molecular formula is C15H32O3Si. The average Bonchev–Trinajstić information content (AvgIpc) is 2.33. The van der Waals surface area contributed by atoms with Gasteiger partial charge in [-0.05, 0) is 31.0 Å². The molecule has 0 saturated carbocycles. The molecule has 4 heteroatoms. The van der Waals surface area contributed by atoms with Crippen LogP contribution in [-0.4, -0.2) is 38.4 Å². The lowest BCUT2D eigenvalue weighted by Gasteiger charge is -2.35. The molecule has 2 N–H and O–H groups in total. The van der Waals surface area contributed by atoms with Crippen molar-refractivity contribution in [1.29, 1.82) is 0 Å². The highest BCUT2D eigenvalue weighted by Gasteiger charge is 2.36. The van der Waals surface area contributed by atoms with Crippen molar-refractivity contribution in [2.24, 2.45) is 5.41 Å². The van der Waals surface area contributed by atoms with Crippen molar-refractivity contribution < 1.29 is 14.6 Å². The molecule has 0 aliphatic heterocycles. The lowest BCUT2D eigenvalue weighted by atomic mass is 9.83. The van der Waals surface area contributed by atoms with E-state index in [2.05, 4.69) is 33.9 Å². The molecule has 0 aromatic rings. The predicted molar refractivity (Wildman–Crippen MR) is 83.8 cm³/mol. The summed E-state index contributed by atoms with van der Waals surface area (Å²) in [5.74, 6) is 0. The molecule has 0 aliphatic rings. The fourth-order valence-electron chi connectivity index (χ4n) is 1.42. The lowest BCUT2D eigenvalue weighted by Crippen LogP contribution is -2.40. The molecule has 0 amide bonds. The first-order chi connectivity index (χ1) is 8.64. The molecular weight excluding hydrogens is 256 g/mol. The molecule has 19 heavy (non-hydrogen) atoms. The van der Waals surface area contributed by atoms with Gasteiger partial charge in [-0.15, -0.1) is 0 Å². The summed E-state index contributed by atoms with van der Waals surface area (Å²) in [5, 5.41) is 18.9. The van der Waals surface area contributed by atoms with Crippen molar-refractivity contribution in [3.8, 4) is 0 Å². The predicted octanol–water partition coefficient (Wildman–Crippen LogP) is 3.34. The van der Waals surface area contributed by atoms with Crippen LogP contribution >= 0.6 is 0 Å². The van der Waals surface area contributed by atoms with Gasteiger partial charge in [-0.2, -0.15) is 0 Å². The highest BCUT2D eigenvalue weighted by Crippen LogP contribution is 2.36. The van der Waals surface area contributed by atoms with Gasteiger partial charge in [0.2, 0.25) is 0 Å². The molecule has 0 saturated heterocycles. The number of aliphatic hydroxyl groups excluding tert-OH is 2. The normalized spacial score (nSPS) is 14.3. The van der Waals surface area contributed by atoms with Crippen molar-refractivity contribution in [2.45, 2.75) is 58.7 Å². The molecule has 0 bridgehead atoms. The molecule has 0 rings (SSSR count). The van der Waals surface area contributed by atoms with E-state index in [9.17, 15) is 10.2 Å². The van der Waals surface area contributed by atoms with Crippen LogP contribution in [0, 0.1) is 5.41 Å². The molecule has 0 atom stereocenters.